The van der Waals surface area contributed by atoms with Gasteiger partial charge in [-0.25, -0.2) is 4.79 Å². The first kappa shape index (κ1) is 26.8. The van der Waals surface area contributed by atoms with Crippen LogP contribution in [0, 0.1) is 0 Å². The molecule has 0 spiro atoms. The summed E-state index contributed by atoms with van der Waals surface area (Å²) in [6, 6.07) is 8.80. The maximum absolute atomic E-state index is 10.4. The monoisotopic (exact) mass is 434 g/mol. The second-order valence-electron chi connectivity index (χ2n) is 8.44. The molecule has 0 saturated carbocycles. The number of ether oxygens (including phenoxy) is 1. The Hall–Kier alpha value is -1.28. The van der Waals surface area contributed by atoms with E-state index < -0.39 is 5.43 Å². The van der Waals surface area contributed by atoms with Gasteiger partial charge < -0.3 is 4.74 Å². The molecule has 0 unspecified atom stereocenters. The van der Waals surface area contributed by atoms with E-state index in [1.54, 1.807) is 0 Å². The van der Waals surface area contributed by atoms with Crippen molar-refractivity contribution < 1.29 is 9.53 Å². The number of hydrogen-bond acceptors (Lipinski definition) is 2. The smallest absolute Gasteiger partial charge is 0.403 e. The lowest BCUT2D eigenvalue weighted by molar-refractivity contribution is 0.170. The molecule has 1 aromatic rings. The molecule has 0 amide bonds. The third-order valence-electron chi connectivity index (χ3n) is 5.79. The van der Waals surface area contributed by atoms with Gasteiger partial charge in [0.2, 0.25) is 0 Å². The van der Waals surface area contributed by atoms with Gasteiger partial charge >= 0.3 is 5.43 Å². The van der Waals surface area contributed by atoms with Crippen molar-refractivity contribution in [2.45, 2.75) is 109 Å². The molecule has 0 N–H and O–H groups in total. The van der Waals surface area contributed by atoms with E-state index in [0.29, 0.717) is 6.61 Å². The lowest BCUT2D eigenvalue weighted by atomic mass is 10.0. The number of carbonyl (C=O) groups is 1. The minimum atomic E-state index is -0.684. The van der Waals surface area contributed by atoms with Crippen molar-refractivity contribution in [3.8, 4) is 0 Å². The second-order valence-corrected chi connectivity index (χ2v) is 8.75. The number of carbonyl (C=O) groups excluding carboxylic acids is 1. The van der Waals surface area contributed by atoms with Crippen LogP contribution in [0.4, 0.5) is 4.79 Å². The predicted molar refractivity (Wildman–Crippen MR) is 131 cm³/mol. The molecule has 0 saturated heterocycles. The van der Waals surface area contributed by atoms with E-state index in [0.717, 1.165) is 12.8 Å². The molecule has 0 heterocycles. The molecule has 2 nitrogen and oxygen atoms in total. The average Bonchev–Trinajstić information content (AvgIpc) is 2.75. The summed E-state index contributed by atoms with van der Waals surface area (Å²) in [5, 5.41) is 0. The van der Waals surface area contributed by atoms with Crippen molar-refractivity contribution in [3.63, 3.8) is 0 Å². The fourth-order valence-corrected chi connectivity index (χ4v) is 3.96. The molecule has 0 aromatic heterocycles. The molecule has 0 fully saturated rings. The number of aryl methyl sites for hydroxylation is 1. The Morgan fingerprint density at radius 1 is 0.700 bits per heavy atom. The van der Waals surface area contributed by atoms with E-state index >= 15 is 0 Å². The lowest BCUT2D eigenvalue weighted by Gasteiger charge is -2.04. The molecule has 0 radical (unpaired) electrons. The molecule has 0 atom stereocenters. The van der Waals surface area contributed by atoms with Crippen LogP contribution in [0.2, 0.25) is 0 Å². The first-order valence-electron chi connectivity index (χ1n) is 12.3. The van der Waals surface area contributed by atoms with Crippen molar-refractivity contribution in [3.05, 3.63) is 42.0 Å². The first-order chi connectivity index (χ1) is 14.7. The SMILES string of the molecule is C=Cc1ccc(CCCCCCCCCCCCCCCCCCOC(=O)Cl)cc1. The van der Waals surface area contributed by atoms with Gasteiger partial charge in [-0.15, -0.1) is 0 Å². The number of unbranched alkanes of at least 4 members (excludes halogenated alkanes) is 15. The Bertz CT molecular complexity index is 538. The summed E-state index contributed by atoms with van der Waals surface area (Å²) in [7, 11) is 0. The van der Waals surface area contributed by atoms with Crippen LogP contribution in [0.5, 0.6) is 0 Å². The number of halogens is 1. The van der Waals surface area contributed by atoms with Crippen molar-refractivity contribution >= 4 is 23.1 Å². The molecule has 170 valence electrons. The van der Waals surface area contributed by atoms with Crippen molar-refractivity contribution in [2.75, 3.05) is 6.61 Å². The molecule has 0 bridgehead atoms. The van der Waals surface area contributed by atoms with Crippen molar-refractivity contribution in [1.82, 2.24) is 0 Å². The van der Waals surface area contributed by atoms with Gasteiger partial charge in [0.05, 0.1) is 6.61 Å². The van der Waals surface area contributed by atoms with Crippen LogP contribution >= 0.6 is 11.6 Å². The summed E-state index contributed by atoms with van der Waals surface area (Å²) < 4.78 is 4.71. The molecule has 1 aromatic carbocycles. The van der Waals surface area contributed by atoms with Crippen LogP contribution in [-0.4, -0.2) is 12.0 Å². The van der Waals surface area contributed by atoms with Crippen LogP contribution in [0.3, 0.4) is 0 Å². The number of hydrogen-bond donors (Lipinski definition) is 0. The Labute approximate surface area is 190 Å². The van der Waals surface area contributed by atoms with Crippen molar-refractivity contribution in [2.24, 2.45) is 0 Å². The fraction of sp³-hybridized carbons (Fsp3) is 0.667. The maximum Gasteiger partial charge on any atom is 0.403 e. The summed E-state index contributed by atoms with van der Waals surface area (Å²) in [4.78, 5) is 10.4. The lowest BCUT2D eigenvalue weighted by Crippen LogP contribution is -1.96. The Morgan fingerprint density at radius 2 is 1.10 bits per heavy atom. The van der Waals surface area contributed by atoms with Gasteiger partial charge in [-0.2, -0.15) is 0 Å². The van der Waals surface area contributed by atoms with E-state index in [2.05, 4.69) is 30.8 Å². The van der Waals surface area contributed by atoms with Crippen LogP contribution in [0.25, 0.3) is 6.08 Å². The van der Waals surface area contributed by atoms with E-state index in [1.165, 1.54) is 107 Å². The normalized spacial score (nSPS) is 10.8. The Kier molecular flexibility index (Phi) is 17.5. The number of benzene rings is 1. The first-order valence-corrected chi connectivity index (χ1v) is 12.6. The summed E-state index contributed by atoms with van der Waals surface area (Å²) in [5.74, 6) is 0. The largest absolute Gasteiger partial charge is 0.454 e. The van der Waals surface area contributed by atoms with E-state index in [1.807, 2.05) is 6.08 Å². The second kappa shape index (κ2) is 19.7. The van der Waals surface area contributed by atoms with Crippen LogP contribution in [-0.2, 0) is 11.2 Å². The minimum Gasteiger partial charge on any atom is -0.454 e. The standard InChI is InChI=1S/C27H43ClO2/c1-2-25-20-22-26(23-21-25)19-17-15-13-11-9-7-5-3-4-6-8-10-12-14-16-18-24-30-27(28)29/h2,20-23H,1,3-19,24H2. The highest BCUT2D eigenvalue weighted by atomic mass is 35.5. The van der Waals surface area contributed by atoms with Crippen LogP contribution in [0.15, 0.2) is 30.8 Å². The average molecular weight is 435 g/mol. The predicted octanol–water partition coefficient (Wildman–Crippen LogP) is 9.49. The van der Waals surface area contributed by atoms with Crippen LogP contribution in [0.1, 0.15) is 114 Å². The highest BCUT2D eigenvalue weighted by Crippen LogP contribution is 2.15. The van der Waals surface area contributed by atoms with Gasteiger partial charge in [0.1, 0.15) is 0 Å². The zero-order chi connectivity index (χ0) is 21.7. The van der Waals surface area contributed by atoms with E-state index in [-0.39, 0.29) is 0 Å². The fourth-order valence-electron chi connectivity index (χ4n) is 3.88. The summed E-state index contributed by atoms with van der Waals surface area (Å²) in [6.07, 6.45) is 24.3. The summed E-state index contributed by atoms with van der Waals surface area (Å²) in [6.45, 7) is 4.27. The van der Waals surface area contributed by atoms with Crippen molar-refractivity contribution in [1.29, 1.82) is 0 Å². The van der Waals surface area contributed by atoms with Gasteiger partial charge in [-0.3, -0.25) is 0 Å². The van der Waals surface area contributed by atoms with Gasteiger partial charge in [0.25, 0.3) is 0 Å². The van der Waals surface area contributed by atoms with E-state index in [4.69, 9.17) is 16.3 Å². The molecule has 0 aliphatic rings. The maximum atomic E-state index is 10.4. The van der Waals surface area contributed by atoms with Gasteiger partial charge in [0, 0.05) is 11.6 Å². The van der Waals surface area contributed by atoms with Gasteiger partial charge in [-0.05, 0) is 30.4 Å². The molecular weight excluding hydrogens is 392 g/mol. The minimum absolute atomic E-state index is 0.465. The Balaban J connectivity index is 1.73. The third-order valence-corrected chi connectivity index (χ3v) is 5.90. The Morgan fingerprint density at radius 3 is 1.50 bits per heavy atom. The highest BCUT2D eigenvalue weighted by molar-refractivity contribution is 6.61. The third kappa shape index (κ3) is 16.5. The molecule has 0 aliphatic carbocycles. The highest BCUT2D eigenvalue weighted by Gasteiger charge is 1.97. The molecule has 30 heavy (non-hydrogen) atoms. The quantitative estimate of drug-likeness (QED) is 0.151. The zero-order valence-corrected chi connectivity index (χ0v) is 19.8. The van der Waals surface area contributed by atoms with Crippen LogP contribution < -0.4 is 0 Å². The molecule has 0 aliphatic heterocycles. The number of rotatable bonds is 20. The molecular formula is C27H43ClO2. The van der Waals surface area contributed by atoms with Gasteiger partial charge in [-0.1, -0.05) is 127 Å². The molecule has 1 rings (SSSR count). The van der Waals surface area contributed by atoms with Gasteiger partial charge in [0.15, 0.2) is 0 Å². The summed E-state index contributed by atoms with van der Waals surface area (Å²) >= 11 is 5.12. The topological polar surface area (TPSA) is 26.3 Å². The molecule has 3 heteroatoms. The summed E-state index contributed by atoms with van der Waals surface area (Å²) in [5.41, 5.74) is 1.98. The zero-order valence-electron chi connectivity index (χ0n) is 19.0. The van der Waals surface area contributed by atoms with E-state index in [9.17, 15) is 4.79 Å².